The molecule has 9 heteroatoms. The highest BCUT2D eigenvalue weighted by atomic mass is 79.9. The van der Waals surface area contributed by atoms with Crippen molar-refractivity contribution >= 4 is 31.9 Å². The van der Waals surface area contributed by atoms with Gasteiger partial charge in [0.05, 0.1) is 26.8 Å². The van der Waals surface area contributed by atoms with Gasteiger partial charge >= 0.3 is 0 Å². The first-order chi connectivity index (χ1) is 13.2. The van der Waals surface area contributed by atoms with Gasteiger partial charge in [0, 0.05) is 32.6 Å². The Kier molecular flexibility index (Phi) is 6.26. The largest absolute Gasteiger partial charge is 0.340 e. The molecule has 0 bridgehead atoms. The molecule has 1 aromatic heterocycles. The van der Waals surface area contributed by atoms with E-state index in [2.05, 4.69) is 21.0 Å². The number of rotatable bonds is 5. The zero-order valence-electron chi connectivity index (χ0n) is 16.3. The average molecular weight is 469 g/mol. The normalized spacial score (nSPS) is 16.9. The lowest BCUT2D eigenvalue weighted by Gasteiger charge is -2.34. The lowest BCUT2D eigenvalue weighted by Crippen LogP contribution is -2.50. The lowest BCUT2D eigenvalue weighted by molar-refractivity contribution is -0.133. The zero-order chi connectivity index (χ0) is 20.5. The summed E-state index contributed by atoms with van der Waals surface area (Å²) >= 11 is 3.51. The van der Waals surface area contributed by atoms with E-state index >= 15 is 0 Å². The summed E-state index contributed by atoms with van der Waals surface area (Å²) in [5.74, 6) is 0.0212. The van der Waals surface area contributed by atoms with Crippen molar-refractivity contribution in [2.45, 2.75) is 38.1 Å². The second-order valence-electron chi connectivity index (χ2n) is 7.08. The van der Waals surface area contributed by atoms with Gasteiger partial charge in [-0.15, -0.1) is 0 Å². The molecule has 0 radical (unpaired) electrons. The second-order valence-corrected chi connectivity index (χ2v) is 9.81. The summed E-state index contributed by atoms with van der Waals surface area (Å²) in [4.78, 5) is 14.8. The van der Waals surface area contributed by atoms with E-state index in [4.69, 9.17) is 0 Å². The summed E-state index contributed by atoms with van der Waals surface area (Å²) in [6.07, 6.45) is 0.333. The van der Waals surface area contributed by atoms with E-state index in [9.17, 15) is 13.2 Å². The third-order valence-corrected chi connectivity index (χ3v) is 8.16. The molecule has 7 nitrogen and oxygen atoms in total. The summed E-state index contributed by atoms with van der Waals surface area (Å²) < 4.78 is 29.7. The summed E-state index contributed by atoms with van der Waals surface area (Å²) in [6.45, 7) is 7.29. The van der Waals surface area contributed by atoms with Crippen LogP contribution in [0.5, 0.6) is 0 Å². The van der Waals surface area contributed by atoms with Crippen LogP contribution < -0.4 is 0 Å². The fraction of sp³-hybridized carbons (Fsp3) is 0.474. The third-order valence-electron chi connectivity index (χ3n) is 5.10. The number of carbonyl (C=O) groups excluding carboxylic acids is 1. The van der Waals surface area contributed by atoms with Crippen LogP contribution in [0.15, 0.2) is 39.7 Å². The molecule has 2 heterocycles. The maximum atomic E-state index is 12.7. The Labute approximate surface area is 174 Å². The molecule has 0 saturated carbocycles. The topological polar surface area (TPSA) is 75.5 Å². The van der Waals surface area contributed by atoms with Gasteiger partial charge in [-0.1, -0.05) is 18.2 Å². The van der Waals surface area contributed by atoms with Gasteiger partial charge in [-0.2, -0.15) is 9.40 Å². The van der Waals surface area contributed by atoms with Crippen molar-refractivity contribution in [1.82, 2.24) is 19.0 Å². The predicted octanol–water partition coefficient (Wildman–Crippen LogP) is 2.75. The monoisotopic (exact) mass is 468 g/mol. The van der Waals surface area contributed by atoms with Crippen LogP contribution in [0.1, 0.15) is 30.8 Å². The maximum absolute atomic E-state index is 12.7. The minimum absolute atomic E-state index is 0.0212. The SMILES string of the molecule is Cc1nn([C@@H](C)CC(=O)N2CCN(S(=O)(=O)c3ccccc3)CC2)c(C)c1Br. The molecule has 152 valence electrons. The number of aromatic nitrogens is 2. The molecular formula is C19H25BrN4O3S. The highest BCUT2D eigenvalue weighted by Crippen LogP contribution is 2.25. The number of benzene rings is 1. The molecule has 0 spiro atoms. The van der Waals surface area contributed by atoms with Gasteiger partial charge in [0.2, 0.25) is 15.9 Å². The summed E-state index contributed by atoms with van der Waals surface area (Å²) in [6, 6.07) is 8.35. The van der Waals surface area contributed by atoms with Gasteiger partial charge < -0.3 is 4.90 Å². The number of aryl methyl sites for hydroxylation is 1. The number of halogens is 1. The van der Waals surface area contributed by atoms with Gasteiger partial charge in [0.1, 0.15) is 0 Å². The molecule has 1 atom stereocenters. The highest BCUT2D eigenvalue weighted by molar-refractivity contribution is 9.10. The van der Waals surface area contributed by atoms with Crippen LogP contribution in [-0.2, 0) is 14.8 Å². The fourth-order valence-electron chi connectivity index (χ4n) is 3.46. The van der Waals surface area contributed by atoms with E-state index in [-0.39, 0.29) is 11.9 Å². The molecule has 2 aromatic rings. The Morgan fingerprint density at radius 3 is 2.29 bits per heavy atom. The first-order valence-electron chi connectivity index (χ1n) is 9.26. The molecule has 1 fully saturated rings. The van der Waals surface area contributed by atoms with Crippen LogP contribution in [-0.4, -0.2) is 59.5 Å². The number of hydrogen-bond donors (Lipinski definition) is 0. The Balaban J connectivity index is 1.60. The van der Waals surface area contributed by atoms with Crippen LogP contribution in [0, 0.1) is 13.8 Å². The number of carbonyl (C=O) groups is 1. The van der Waals surface area contributed by atoms with Gasteiger partial charge in [0.15, 0.2) is 0 Å². The molecule has 3 rings (SSSR count). The molecule has 1 saturated heterocycles. The van der Waals surface area contributed by atoms with Gasteiger partial charge in [-0.05, 0) is 48.8 Å². The van der Waals surface area contributed by atoms with Crippen molar-refractivity contribution in [2.75, 3.05) is 26.2 Å². The minimum atomic E-state index is -3.51. The summed E-state index contributed by atoms with van der Waals surface area (Å²) in [7, 11) is -3.51. The van der Waals surface area contributed by atoms with Crippen molar-refractivity contribution in [3.8, 4) is 0 Å². The van der Waals surface area contributed by atoms with Crippen LogP contribution in [0.25, 0.3) is 0 Å². The smallest absolute Gasteiger partial charge is 0.243 e. The first kappa shape index (κ1) is 21.0. The number of nitrogens with zero attached hydrogens (tertiary/aromatic N) is 4. The molecular weight excluding hydrogens is 444 g/mol. The predicted molar refractivity (Wildman–Crippen MR) is 111 cm³/mol. The molecule has 28 heavy (non-hydrogen) atoms. The van der Waals surface area contributed by atoms with Crippen LogP contribution in [0.3, 0.4) is 0 Å². The molecule has 0 N–H and O–H groups in total. The molecule has 0 unspecified atom stereocenters. The summed E-state index contributed by atoms with van der Waals surface area (Å²) in [5.41, 5.74) is 1.90. The second kappa shape index (κ2) is 8.34. The quantitative estimate of drug-likeness (QED) is 0.675. The van der Waals surface area contributed by atoms with Crippen LogP contribution >= 0.6 is 15.9 Å². The number of amides is 1. The van der Waals surface area contributed by atoms with Crippen LogP contribution in [0.4, 0.5) is 0 Å². The Hall–Kier alpha value is -1.71. The van der Waals surface area contributed by atoms with Crippen molar-refractivity contribution in [3.63, 3.8) is 0 Å². The van der Waals surface area contributed by atoms with Crippen molar-refractivity contribution in [1.29, 1.82) is 0 Å². The maximum Gasteiger partial charge on any atom is 0.243 e. The molecule has 0 aliphatic carbocycles. The van der Waals surface area contributed by atoms with Crippen molar-refractivity contribution < 1.29 is 13.2 Å². The van der Waals surface area contributed by atoms with E-state index in [1.165, 1.54) is 4.31 Å². The zero-order valence-corrected chi connectivity index (χ0v) is 18.7. The van der Waals surface area contributed by atoms with E-state index in [1.54, 1.807) is 35.2 Å². The number of piperazine rings is 1. The van der Waals surface area contributed by atoms with E-state index in [0.29, 0.717) is 37.5 Å². The minimum Gasteiger partial charge on any atom is -0.340 e. The highest BCUT2D eigenvalue weighted by Gasteiger charge is 2.30. The van der Waals surface area contributed by atoms with Gasteiger partial charge in [-0.3, -0.25) is 9.48 Å². The van der Waals surface area contributed by atoms with Crippen molar-refractivity contribution in [3.05, 3.63) is 46.2 Å². The third kappa shape index (κ3) is 4.16. The number of sulfonamides is 1. The summed E-state index contributed by atoms with van der Waals surface area (Å²) in [5, 5.41) is 4.50. The molecule has 1 aliphatic rings. The van der Waals surface area contributed by atoms with E-state index < -0.39 is 10.0 Å². The molecule has 1 amide bonds. The van der Waals surface area contributed by atoms with Gasteiger partial charge in [-0.25, -0.2) is 8.42 Å². The standard InChI is InChI=1S/C19H25BrN4O3S/c1-14(24-16(3)19(20)15(2)21-24)13-18(25)22-9-11-23(12-10-22)28(26,27)17-7-5-4-6-8-17/h4-8,14H,9-13H2,1-3H3/t14-/m0/s1. The Morgan fingerprint density at radius 1 is 1.14 bits per heavy atom. The van der Waals surface area contributed by atoms with Crippen molar-refractivity contribution in [2.24, 2.45) is 0 Å². The first-order valence-corrected chi connectivity index (χ1v) is 11.5. The Bertz CT molecular complexity index is 951. The molecule has 1 aliphatic heterocycles. The lowest BCUT2D eigenvalue weighted by atomic mass is 10.2. The Morgan fingerprint density at radius 2 is 1.75 bits per heavy atom. The van der Waals surface area contributed by atoms with E-state index in [0.717, 1.165) is 15.9 Å². The van der Waals surface area contributed by atoms with Crippen LogP contribution in [0.2, 0.25) is 0 Å². The van der Waals surface area contributed by atoms with E-state index in [1.807, 2.05) is 25.5 Å². The fourth-order valence-corrected chi connectivity index (χ4v) is 5.16. The average Bonchev–Trinajstić information content (AvgIpc) is 2.96. The van der Waals surface area contributed by atoms with Gasteiger partial charge in [0.25, 0.3) is 0 Å². The number of hydrogen-bond acceptors (Lipinski definition) is 4. The molecule has 1 aromatic carbocycles.